The van der Waals surface area contributed by atoms with E-state index in [9.17, 15) is 0 Å². The first kappa shape index (κ1) is 26.3. The number of hydrogen-bond acceptors (Lipinski definition) is 0. The summed E-state index contributed by atoms with van der Waals surface area (Å²) < 4.78 is 0. The smallest absolute Gasteiger partial charge is 0.346 e. The van der Waals surface area contributed by atoms with E-state index in [4.69, 9.17) is 0 Å². The van der Waals surface area contributed by atoms with Crippen LogP contribution in [0.5, 0.6) is 0 Å². The fourth-order valence-corrected chi connectivity index (χ4v) is 4.89. The molecule has 0 amide bonds. The van der Waals surface area contributed by atoms with Crippen molar-refractivity contribution in [1.29, 1.82) is 0 Å². The van der Waals surface area contributed by atoms with Gasteiger partial charge < -0.3 is 13.8 Å². The third-order valence-corrected chi connectivity index (χ3v) is 5.92. The van der Waals surface area contributed by atoms with Gasteiger partial charge in [-0.25, -0.2) is 8.80 Å². The molecule has 0 saturated heterocycles. The van der Waals surface area contributed by atoms with E-state index in [1.807, 2.05) is 0 Å². The summed E-state index contributed by atoms with van der Waals surface area (Å²) in [6.45, 7) is 10.0. The zero-order chi connectivity index (χ0) is 16.9. The Balaban J connectivity index is 0. The molecule has 3 aromatic rings. The fourth-order valence-electron chi connectivity index (χ4n) is 2.31. The molecule has 0 aromatic heterocycles. The third kappa shape index (κ3) is 8.35. The molecule has 0 aliphatic heterocycles. The fraction of sp³-hybridized carbons (Fsp3) is 0.0909. The Bertz CT molecular complexity index is 536. The van der Waals surface area contributed by atoms with E-state index >= 15 is 0 Å². The molecule has 0 unspecified atom stereocenters. The minimum Gasteiger partial charge on any atom is -0.346 e. The topological polar surface area (TPSA) is 0 Å². The Morgan fingerprint density at radius 1 is 0.480 bits per heavy atom. The van der Waals surface area contributed by atoms with Crippen LogP contribution in [0.1, 0.15) is 13.8 Å². The molecule has 0 heterocycles. The zero-order valence-corrected chi connectivity index (χ0v) is 19.7. The van der Waals surface area contributed by atoms with Crippen molar-refractivity contribution in [2.24, 2.45) is 0 Å². The molecule has 3 rings (SSSR count). The van der Waals surface area contributed by atoms with Gasteiger partial charge in [-0.1, -0.05) is 91.0 Å². The summed E-state index contributed by atoms with van der Waals surface area (Å²) in [5.74, 6) is 0. The van der Waals surface area contributed by atoms with E-state index in [0.717, 1.165) is 0 Å². The first-order valence-electron chi connectivity index (χ1n) is 7.90. The summed E-state index contributed by atoms with van der Waals surface area (Å²) in [6.07, 6.45) is 0. The Labute approximate surface area is 180 Å². The second-order valence-corrected chi connectivity index (χ2v) is 6.96. The van der Waals surface area contributed by atoms with Crippen molar-refractivity contribution in [3.63, 3.8) is 0 Å². The second-order valence-electron chi connectivity index (χ2n) is 4.47. The molecule has 0 nitrogen and oxygen atoms in total. The van der Waals surface area contributed by atoms with Crippen molar-refractivity contribution in [3.05, 3.63) is 105 Å². The van der Waals surface area contributed by atoms with Crippen molar-refractivity contribution in [2.75, 3.05) is 0 Å². The third-order valence-electron chi connectivity index (χ3n) is 3.19. The summed E-state index contributed by atoms with van der Waals surface area (Å²) in [4.78, 5) is 0. The van der Waals surface area contributed by atoms with Crippen molar-refractivity contribution in [1.82, 2.24) is 0 Å². The van der Waals surface area contributed by atoms with Crippen molar-refractivity contribution >= 4 is 24.4 Å². The molecule has 0 aliphatic rings. The largest absolute Gasteiger partial charge is 2.00 e. The van der Waals surface area contributed by atoms with E-state index in [-0.39, 0.29) is 38.3 Å². The van der Waals surface area contributed by atoms with Crippen molar-refractivity contribution in [3.8, 4) is 0 Å². The van der Waals surface area contributed by atoms with E-state index in [2.05, 4.69) is 105 Å². The standard InChI is InChI=1S/C18H15Si.2C2H5.Li.Zn/c1-4-10-16(11-5-1)19(17-12-6-2-7-13-17)18-14-8-3-9-15-18;2*1-2;;/h1-15H;2*1H2,2H3;;/q3*-1;+1;+2. The van der Waals surface area contributed by atoms with E-state index in [1.54, 1.807) is 13.8 Å². The quantitative estimate of drug-likeness (QED) is 0.354. The van der Waals surface area contributed by atoms with Gasteiger partial charge in [-0.15, -0.1) is 0 Å². The van der Waals surface area contributed by atoms with Gasteiger partial charge in [-0.2, -0.15) is 29.4 Å². The molecule has 0 bridgehead atoms. The van der Waals surface area contributed by atoms with Gasteiger partial charge in [-0.05, 0) is 0 Å². The Kier molecular flexibility index (Phi) is 17.4. The van der Waals surface area contributed by atoms with E-state index < -0.39 is 8.80 Å². The monoisotopic (exact) mass is 388 g/mol. The first-order valence-corrected chi connectivity index (χ1v) is 9.40. The van der Waals surface area contributed by atoms with Crippen LogP contribution < -0.4 is 34.4 Å². The van der Waals surface area contributed by atoms with Crippen LogP contribution in [0.4, 0.5) is 0 Å². The van der Waals surface area contributed by atoms with Gasteiger partial charge in [0.25, 0.3) is 0 Å². The van der Waals surface area contributed by atoms with Gasteiger partial charge in [0, 0.05) is 0 Å². The maximum absolute atomic E-state index is 3.25. The molecule has 0 aliphatic carbocycles. The zero-order valence-electron chi connectivity index (χ0n) is 15.8. The van der Waals surface area contributed by atoms with Crippen LogP contribution in [-0.4, -0.2) is 8.80 Å². The van der Waals surface area contributed by atoms with Gasteiger partial charge in [0.05, 0.1) is 0 Å². The second kappa shape index (κ2) is 16.6. The summed E-state index contributed by atoms with van der Waals surface area (Å²) in [5.41, 5.74) is 0. The normalized spacial score (nSPS) is 8.16. The molecule has 0 radical (unpaired) electrons. The molecular weight excluding hydrogens is 365 g/mol. The molecule has 0 N–H and O–H groups in total. The van der Waals surface area contributed by atoms with Crippen LogP contribution in [-0.2, 0) is 19.5 Å². The van der Waals surface area contributed by atoms with Crippen LogP contribution in [0, 0.1) is 13.8 Å². The van der Waals surface area contributed by atoms with Gasteiger partial charge in [0.2, 0.25) is 0 Å². The van der Waals surface area contributed by atoms with Crippen LogP contribution in [0.2, 0.25) is 0 Å². The number of rotatable bonds is 3. The van der Waals surface area contributed by atoms with Crippen LogP contribution in [0.25, 0.3) is 0 Å². The first-order chi connectivity index (χ1) is 11.4. The Morgan fingerprint density at radius 3 is 0.880 bits per heavy atom. The minimum atomic E-state index is -0.877. The van der Waals surface area contributed by atoms with Gasteiger partial charge >= 0.3 is 38.3 Å². The molecule has 0 fully saturated rings. The van der Waals surface area contributed by atoms with Gasteiger partial charge in [0.15, 0.2) is 0 Å². The van der Waals surface area contributed by atoms with Crippen molar-refractivity contribution in [2.45, 2.75) is 13.8 Å². The van der Waals surface area contributed by atoms with Gasteiger partial charge in [-0.3, -0.25) is 0 Å². The van der Waals surface area contributed by atoms with E-state index in [0.29, 0.717) is 0 Å². The maximum atomic E-state index is 3.25. The SMILES string of the molecule is [CH2-]C.[CH2-]C.[Li+].[Zn+2].c1ccc([Si-](c2ccccc2)c2ccccc2)cc1. The molecule has 0 atom stereocenters. The Hall–Kier alpha value is -0.902. The molecule has 25 heavy (non-hydrogen) atoms. The predicted octanol–water partition coefficient (Wildman–Crippen LogP) is 0.885. The predicted molar refractivity (Wildman–Crippen MR) is 106 cm³/mol. The molecule has 0 spiro atoms. The summed E-state index contributed by atoms with van der Waals surface area (Å²) in [7, 11) is -0.877. The van der Waals surface area contributed by atoms with Crippen LogP contribution in [0.15, 0.2) is 91.0 Å². The maximum Gasteiger partial charge on any atom is 2.00 e. The molecule has 3 aromatic carbocycles. The van der Waals surface area contributed by atoms with E-state index in [1.165, 1.54) is 15.6 Å². The summed E-state index contributed by atoms with van der Waals surface area (Å²) in [5, 5.41) is 4.31. The molecular formula is C22H25LiSiZn. The molecule has 3 heteroatoms. The molecule has 0 saturated carbocycles. The van der Waals surface area contributed by atoms with Crippen LogP contribution >= 0.6 is 0 Å². The van der Waals surface area contributed by atoms with Crippen LogP contribution in [0.3, 0.4) is 0 Å². The summed E-state index contributed by atoms with van der Waals surface area (Å²) in [6, 6.07) is 32.5. The summed E-state index contributed by atoms with van der Waals surface area (Å²) >= 11 is 0. The molecule has 120 valence electrons. The van der Waals surface area contributed by atoms with Gasteiger partial charge in [0.1, 0.15) is 0 Å². The minimum absolute atomic E-state index is 0. The number of benzene rings is 3. The average molecular weight is 390 g/mol. The number of hydrogen-bond donors (Lipinski definition) is 0. The van der Waals surface area contributed by atoms with Crippen molar-refractivity contribution < 1.29 is 38.3 Å². The Morgan fingerprint density at radius 2 is 0.680 bits per heavy atom. The average Bonchev–Trinajstić information content (AvgIpc) is 2.68.